The Hall–Kier alpha value is -1.91. The fraction of sp³-hybridized carbons (Fsp3) is 0.310. The average Bonchev–Trinajstić information content (AvgIpc) is 3.43. The predicted octanol–water partition coefficient (Wildman–Crippen LogP) is 7.74. The monoisotopic (exact) mass is 632 g/mol. The van der Waals surface area contributed by atoms with E-state index < -0.39 is 7.92 Å². The van der Waals surface area contributed by atoms with E-state index in [0.717, 1.165) is 0 Å². The first-order valence-electron chi connectivity index (χ1n) is 11.2. The van der Waals surface area contributed by atoms with Gasteiger partial charge in [-0.25, -0.2) is 0 Å². The van der Waals surface area contributed by atoms with Crippen molar-refractivity contribution < 1.29 is 20.4 Å². The Morgan fingerprint density at radius 3 is 1.03 bits per heavy atom. The zero-order valence-electron chi connectivity index (χ0n) is 20.0. The molecule has 0 aromatic heterocycles. The van der Waals surface area contributed by atoms with E-state index in [0.29, 0.717) is 0 Å². The van der Waals surface area contributed by atoms with Gasteiger partial charge in [-0.05, 0) is 23.8 Å². The van der Waals surface area contributed by atoms with Crippen LogP contribution >= 0.6 is 7.92 Å². The summed E-state index contributed by atoms with van der Waals surface area (Å²) >= 11 is 0. The summed E-state index contributed by atoms with van der Waals surface area (Å²) in [5.41, 5.74) is 5.94. The van der Waals surface area contributed by atoms with Gasteiger partial charge in [0, 0.05) is 20.4 Å². The maximum absolute atomic E-state index is 7.25. The van der Waals surface area contributed by atoms with Gasteiger partial charge in [-0.1, -0.05) is 149 Å². The Labute approximate surface area is 216 Å². The Balaban J connectivity index is 0.000000607. The fourth-order valence-electron chi connectivity index (χ4n) is 3.06. The molecule has 4 rings (SSSR count). The molecule has 0 spiro atoms. The molecular formula is C29H36NOPRe-2. The van der Waals surface area contributed by atoms with E-state index in [1.54, 1.807) is 6.08 Å². The molecule has 0 unspecified atom stereocenters. The van der Waals surface area contributed by atoms with Gasteiger partial charge in [-0.15, -0.1) is 0 Å². The van der Waals surface area contributed by atoms with E-state index >= 15 is 0 Å². The standard InChI is InChI=1S/C18H15P.C6H11.C5H10.NO.Re/c1-4-10-16(11-5-1)19(17-12-6-2-7-13-17)18-14-8-3-9-15-18;1-5-6(2,3)4;1-2-4-5-3-1;1-2;/h1-15H;1,5H,2-4H3;1-5H2;;/q;-1;;-1;. The molecule has 1 fully saturated rings. The summed E-state index contributed by atoms with van der Waals surface area (Å²) in [5, 5.41) is 4.19. The minimum absolute atomic E-state index is 0. The third kappa shape index (κ3) is 13.4. The second-order valence-corrected chi connectivity index (χ2v) is 10.9. The van der Waals surface area contributed by atoms with Crippen molar-refractivity contribution in [2.75, 3.05) is 0 Å². The number of nitrogens with zero attached hydrogens (tertiary/aromatic N) is 1. The molecule has 1 aliphatic rings. The van der Waals surface area contributed by atoms with Gasteiger partial charge in [0.1, 0.15) is 0 Å². The summed E-state index contributed by atoms with van der Waals surface area (Å²) in [6.07, 6.45) is 9.19. The van der Waals surface area contributed by atoms with Crippen LogP contribution in [0, 0.1) is 16.9 Å². The molecule has 4 heteroatoms. The molecule has 0 amide bonds. The Kier molecular flexibility index (Phi) is 17.4. The molecular weight excluding hydrogens is 596 g/mol. The van der Waals surface area contributed by atoms with Crippen molar-refractivity contribution in [3.05, 3.63) is 114 Å². The van der Waals surface area contributed by atoms with Crippen molar-refractivity contribution >= 4 is 23.8 Å². The van der Waals surface area contributed by atoms with E-state index in [-0.39, 0.29) is 25.8 Å². The van der Waals surface area contributed by atoms with Crippen LogP contribution in [-0.2, 0) is 20.4 Å². The van der Waals surface area contributed by atoms with E-state index in [1.165, 1.54) is 48.0 Å². The van der Waals surface area contributed by atoms with Gasteiger partial charge < -0.3 is 17.1 Å². The van der Waals surface area contributed by atoms with Crippen molar-refractivity contribution in [3.63, 3.8) is 0 Å². The van der Waals surface area contributed by atoms with Crippen LogP contribution in [0.2, 0.25) is 0 Å². The maximum atomic E-state index is 7.25. The third-order valence-corrected chi connectivity index (χ3v) is 7.24. The minimum Gasteiger partial charge on any atom is -0.577 e. The van der Waals surface area contributed by atoms with Gasteiger partial charge in [-0.2, -0.15) is 0 Å². The van der Waals surface area contributed by atoms with E-state index in [2.05, 4.69) is 112 Å². The van der Waals surface area contributed by atoms with Gasteiger partial charge in [0.15, 0.2) is 0 Å². The average molecular weight is 632 g/mol. The molecule has 0 saturated heterocycles. The Morgan fingerprint density at radius 1 is 0.636 bits per heavy atom. The second kappa shape index (κ2) is 18.5. The fourth-order valence-corrected chi connectivity index (χ4v) is 5.37. The zero-order chi connectivity index (χ0) is 23.7. The van der Waals surface area contributed by atoms with Crippen molar-refractivity contribution in [2.45, 2.75) is 52.9 Å². The molecule has 0 atom stereocenters. The predicted molar refractivity (Wildman–Crippen MR) is 143 cm³/mol. The number of nitroso groups, excluding NO2 is 1. The molecule has 33 heavy (non-hydrogen) atoms. The van der Waals surface area contributed by atoms with E-state index in [9.17, 15) is 0 Å². The topological polar surface area (TPSA) is 39.4 Å². The number of rotatable bonds is 3. The SMILES string of the molecule is C1CCCC1.[CH-]=CC(C)(C)C.[N-]=O.[Re].c1ccc(P(c2ccccc2)c2ccccc2)cc1. The van der Waals surface area contributed by atoms with Crippen LogP contribution in [0.5, 0.6) is 0 Å². The number of hydrogen-bond acceptors (Lipinski definition) is 1. The van der Waals surface area contributed by atoms with Crippen LogP contribution in [0.4, 0.5) is 0 Å². The first-order valence-corrected chi connectivity index (χ1v) is 12.5. The maximum Gasteiger partial charge on any atom is 0 e. The van der Waals surface area contributed by atoms with Crippen molar-refractivity contribution in [3.8, 4) is 0 Å². The summed E-state index contributed by atoms with van der Waals surface area (Å²) in [6.45, 7) is 11.4. The summed E-state index contributed by atoms with van der Waals surface area (Å²) in [6, 6.07) is 32.3. The van der Waals surface area contributed by atoms with Gasteiger partial charge in [-0.3, -0.25) is 6.08 Å². The van der Waals surface area contributed by atoms with Gasteiger partial charge in [0.05, 0.1) is 0 Å². The number of allylic oxidation sites excluding steroid dienone is 1. The first-order chi connectivity index (χ1) is 15.5. The van der Waals surface area contributed by atoms with Crippen LogP contribution < -0.4 is 15.9 Å². The first kappa shape index (κ1) is 31.1. The quantitative estimate of drug-likeness (QED) is 0.215. The molecule has 3 aromatic carbocycles. The molecule has 2 nitrogen and oxygen atoms in total. The smallest absolute Gasteiger partial charge is 0 e. The van der Waals surface area contributed by atoms with Crippen molar-refractivity contribution in [1.82, 2.24) is 0 Å². The Morgan fingerprint density at radius 2 is 0.848 bits per heavy atom. The summed E-state index contributed by atoms with van der Waals surface area (Å²) in [5.74, 6) is 0. The van der Waals surface area contributed by atoms with E-state index in [4.69, 9.17) is 17.1 Å². The molecule has 1 aliphatic carbocycles. The largest absolute Gasteiger partial charge is 0.577 e. The van der Waals surface area contributed by atoms with Gasteiger partial charge in [0.2, 0.25) is 0 Å². The van der Waals surface area contributed by atoms with Crippen LogP contribution in [0.1, 0.15) is 52.9 Å². The molecule has 0 bridgehead atoms. The number of benzene rings is 3. The molecule has 3 aromatic rings. The van der Waals surface area contributed by atoms with Crippen LogP contribution in [-0.4, -0.2) is 0 Å². The minimum atomic E-state index is -0.446. The summed E-state index contributed by atoms with van der Waals surface area (Å²) in [4.78, 5) is 7.25. The van der Waals surface area contributed by atoms with Gasteiger partial charge >= 0.3 is 0 Å². The van der Waals surface area contributed by atoms with Crippen molar-refractivity contribution in [1.29, 1.82) is 0 Å². The van der Waals surface area contributed by atoms with Crippen LogP contribution in [0.25, 0.3) is 5.59 Å². The molecule has 0 N–H and O–H groups in total. The van der Waals surface area contributed by atoms with Crippen molar-refractivity contribution in [2.24, 2.45) is 5.41 Å². The van der Waals surface area contributed by atoms with Crippen LogP contribution in [0.3, 0.4) is 0 Å². The molecule has 1 saturated carbocycles. The summed E-state index contributed by atoms with van der Waals surface area (Å²) < 4.78 is 0. The van der Waals surface area contributed by atoms with E-state index in [1.807, 2.05) is 0 Å². The third-order valence-electron chi connectivity index (χ3n) is 4.79. The molecule has 0 heterocycles. The molecule has 0 aliphatic heterocycles. The van der Waals surface area contributed by atoms with Gasteiger partial charge in [0.25, 0.3) is 0 Å². The molecule has 177 valence electrons. The second-order valence-electron chi connectivity index (χ2n) is 8.64. The Bertz CT molecular complexity index is 746. The molecule has 1 radical (unpaired) electrons. The summed E-state index contributed by atoms with van der Waals surface area (Å²) in [7, 11) is -0.446. The normalized spacial score (nSPS) is 11.9. The van der Waals surface area contributed by atoms with Crippen LogP contribution in [0.15, 0.2) is 97.1 Å². The number of hydrogen-bond donors (Lipinski definition) is 0. The zero-order valence-corrected chi connectivity index (χ0v) is 23.6.